The maximum atomic E-state index is 4.07. The summed E-state index contributed by atoms with van der Waals surface area (Å²) in [6.07, 6.45) is 5.39. The molecule has 0 aliphatic rings. The minimum Gasteiger partial charge on any atom is -0.312 e. The predicted molar refractivity (Wildman–Crippen MR) is 67.4 cm³/mol. The maximum Gasteiger partial charge on any atom is 0.115 e. The number of nitrogens with one attached hydrogen (secondary N) is 1. The fourth-order valence-corrected chi connectivity index (χ4v) is 1.52. The number of rotatable bonds is 4. The van der Waals surface area contributed by atoms with E-state index < -0.39 is 0 Å². The van der Waals surface area contributed by atoms with E-state index in [0.29, 0.717) is 11.8 Å². The van der Waals surface area contributed by atoms with Crippen molar-refractivity contribution in [2.45, 2.75) is 46.1 Å². The Morgan fingerprint density at radius 1 is 1.19 bits per heavy atom. The SMILES string of the molecule is CC(CNC(C)(C)C)C(C)c1cncnc1. The van der Waals surface area contributed by atoms with Crippen LogP contribution in [0.5, 0.6) is 0 Å². The van der Waals surface area contributed by atoms with E-state index >= 15 is 0 Å². The molecule has 2 atom stereocenters. The van der Waals surface area contributed by atoms with Gasteiger partial charge in [0, 0.05) is 17.9 Å². The van der Waals surface area contributed by atoms with Crippen molar-refractivity contribution in [3.8, 4) is 0 Å². The summed E-state index contributed by atoms with van der Waals surface area (Å²) in [5.41, 5.74) is 1.40. The molecule has 0 saturated carbocycles. The molecular weight excluding hydrogens is 198 g/mol. The van der Waals surface area contributed by atoms with Crippen LogP contribution in [0.15, 0.2) is 18.7 Å². The highest BCUT2D eigenvalue weighted by Crippen LogP contribution is 2.22. The molecule has 0 amide bonds. The second-order valence-electron chi connectivity index (χ2n) is 5.57. The van der Waals surface area contributed by atoms with Gasteiger partial charge in [-0.2, -0.15) is 0 Å². The Morgan fingerprint density at radius 3 is 2.25 bits per heavy atom. The Morgan fingerprint density at radius 2 is 1.75 bits per heavy atom. The first-order valence-electron chi connectivity index (χ1n) is 5.90. The molecule has 90 valence electrons. The maximum absolute atomic E-state index is 4.07. The van der Waals surface area contributed by atoms with Gasteiger partial charge in [0.05, 0.1) is 0 Å². The summed E-state index contributed by atoms with van der Waals surface area (Å²) < 4.78 is 0. The van der Waals surface area contributed by atoms with Crippen molar-refractivity contribution in [3.63, 3.8) is 0 Å². The molecule has 1 aromatic heterocycles. The highest BCUT2D eigenvalue weighted by atomic mass is 14.9. The zero-order valence-electron chi connectivity index (χ0n) is 11.0. The van der Waals surface area contributed by atoms with Crippen molar-refractivity contribution in [1.82, 2.24) is 15.3 Å². The standard InChI is InChI=1S/C13H23N3/c1-10(6-16-13(3,4)5)11(2)12-7-14-9-15-8-12/h7-11,16H,6H2,1-5H3. The van der Waals surface area contributed by atoms with Crippen molar-refractivity contribution >= 4 is 0 Å². The van der Waals surface area contributed by atoms with Crippen LogP contribution in [0.2, 0.25) is 0 Å². The fourth-order valence-electron chi connectivity index (χ4n) is 1.52. The van der Waals surface area contributed by atoms with Crippen LogP contribution in [0.4, 0.5) is 0 Å². The predicted octanol–water partition coefficient (Wildman–Crippen LogP) is 2.60. The molecule has 1 heterocycles. The Labute approximate surface area is 98.7 Å². The van der Waals surface area contributed by atoms with E-state index in [0.717, 1.165) is 6.54 Å². The first kappa shape index (κ1) is 13.1. The van der Waals surface area contributed by atoms with Crippen molar-refractivity contribution in [1.29, 1.82) is 0 Å². The van der Waals surface area contributed by atoms with Crippen molar-refractivity contribution in [2.24, 2.45) is 5.92 Å². The van der Waals surface area contributed by atoms with Crippen molar-refractivity contribution < 1.29 is 0 Å². The lowest BCUT2D eigenvalue weighted by atomic mass is 9.90. The monoisotopic (exact) mass is 221 g/mol. The van der Waals surface area contributed by atoms with Gasteiger partial charge in [0.1, 0.15) is 6.33 Å². The molecule has 0 bridgehead atoms. The van der Waals surface area contributed by atoms with Crippen LogP contribution < -0.4 is 5.32 Å². The summed E-state index contributed by atoms with van der Waals surface area (Å²) in [5.74, 6) is 1.06. The van der Waals surface area contributed by atoms with Crippen LogP contribution in [0, 0.1) is 5.92 Å². The van der Waals surface area contributed by atoms with E-state index in [-0.39, 0.29) is 5.54 Å². The normalized spacial score (nSPS) is 15.8. The van der Waals surface area contributed by atoms with Gasteiger partial charge in [-0.1, -0.05) is 13.8 Å². The molecule has 0 fully saturated rings. The summed E-state index contributed by atoms with van der Waals surface area (Å²) in [6.45, 7) is 12.1. The van der Waals surface area contributed by atoms with Crippen molar-refractivity contribution in [3.05, 3.63) is 24.3 Å². The highest BCUT2D eigenvalue weighted by Gasteiger charge is 2.17. The van der Waals surface area contributed by atoms with Crippen LogP contribution in [-0.4, -0.2) is 22.1 Å². The molecule has 0 spiro atoms. The molecule has 16 heavy (non-hydrogen) atoms. The summed E-state index contributed by atoms with van der Waals surface area (Å²) in [6, 6.07) is 0. The molecule has 1 aromatic rings. The zero-order valence-corrected chi connectivity index (χ0v) is 11.0. The Bertz CT molecular complexity index is 303. The fraction of sp³-hybridized carbons (Fsp3) is 0.692. The first-order chi connectivity index (χ1) is 7.40. The third kappa shape index (κ3) is 4.27. The lowest BCUT2D eigenvalue weighted by molar-refractivity contribution is 0.359. The van der Waals surface area contributed by atoms with Crippen LogP contribution in [-0.2, 0) is 0 Å². The molecule has 0 aliphatic heterocycles. The molecular formula is C13H23N3. The molecule has 2 unspecified atom stereocenters. The Hall–Kier alpha value is -0.960. The molecule has 1 N–H and O–H groups in total. The molecule has 1 rings (SSSR count). The third-order valence-corrected chi connectivity index (χ3v) is 2.91. The van der Waals surface area contributed by atoms with Gasteiger partial charge in [-0.15, -0.1) is 0 Å². The average Bonchev–Trinajstić information content (AvgIpc) is 2.25. The van der Waals surface area contributed by atoms with E-state index in [2.05, 4.69) is 49.9 Å². The molecule has 3 heteroatoms. The largest absolute Gasteiger partial charge is 0.312 e. The van der Waals surface area contributed by atoms with Crippen LogP contribution in [0.1, 0.15) is 46.1 Å². The summed E-state index contributed by atoms with van der Waals surface area (Å²) in [4.78, 5) is 8.13. The van der Waals surface area contributed by atoms with Crippen molar-refractivity contribution in [2.75, 3.05) is 6.54 Å². The topological polar surface area (TPSA) is 37.8 Å². The molecule has 3 nitrogen and oxygen atoms in total. The van der Waals surface area contributed by atoms with Gasteiger partial charge in [0.25, 0.3) is 0 Å². The second-order valence-corrected chi connectivity index (χ2v) is 5.57. The van der Waals surface area contributed by atoms with Crippen LogP contribution in [0.25, 0.3) is 0 Å². The Balaban J connectivity index is 2.52. The van der Waals surface area contributed by atoms with E-state index in [1.54, 1.807) is 6.33 Å². The number of hydrogen-bond donors (Lipinski definition) is 1. The average molecular weight is 221 g/mol. The van der Waals surface area contributed by atoms with Gasteiger partial charge in [0.15, 0.2) is 0 Å². The second kappa shape index (κ2) is 5.39. The molecule has 0 radical (unpaired) electrons. The van der Waals surface area contributed by atoms with E-state index in [1.165, 1.54) is 5.56 Å². The van der Waals surface area contributed by atoms with Gasteiger partial charge in [-0.05, 0) is 44.7 Å². The van der Waals surface area contributed by atoms with E-state index in [4.69, 9.17) is 0 Å². The molecule has 0 aromatic carbocycles. The van der Waals surface area contributed by atoms with Gasteiger partial charge in [-0.25, -0.2) is 9.97 Å². The quantitative estimate of drug-likeness (QED) is 0.849. The smallest absolute Gasteiger partial charge is 0.115 e. The Kier molecular flexibility index (Phi) is 4.42. The highest BCUT2D eigenvalue weighted by molar-refractivity contribution is 5.10. The summed E-state index contributed by atoms with van der Waals surface area (Å²) in [5, 5.41) is 3.53. The van der Waals surface area contributed by atoms with Gasteiger partial charge in [0.2, 0.25) is 0 Å². The van der Waals surface area contributed by atoms with Gasteiger partial charge >= 0.3 is 0 Å². The molecule has 0 saturated heterocycles. The van der Waals surface area contributed by atoms with E-state index in [1.807, 2.05) is 12.4 Å². The number of nitrogens with zero attached hydrogens (tertiary/aromatic N) is 2. The minimum atomic E-state index is 0.182. The third-order valence-electron chi connectivity index (χ3n) is 2.91. The van der Waals surface area contributed by atoms with Crippen LogP contribution in [0.3, 0.4) is 0 Å². The van der Waals surface area contributed by atoms with Gasteiger partial charge < -0.3 is 5.32 Å². The van der Waals surface area contributed by atoms with E-state index in [9.17, 15) is 0 Å². The lowest BCUT2D eigenvalue weighted by Crippen LogP contribution is -2.39. The summed E-state index contributed by atoms with van der Waals surface area (Å²) in [7, 11) is 0. The number of hydrogen-bond acceptors (Lipinski definition) is 3. The minimum absolute atomic E-state index is 0.182. The number of aromatic nitrogens is 2. The zero-order chi connectivity index (χ0) is 12.2. The molecule has 0 aliphatic carbocycles. The van der Waals surface area contributed by atoms with Gasteiger partial charge in [-0.3, -0.25) is 0 Å². The summed E-state index contributed by atoms with van der Waals surface area (Å²) >= 11 is 0. The first-order valence-corrected chi connectivity index (χ1v) is 5.90. The lowest BCUT2D eigenvalue weighted by Gasteiger charge is -2.26. The van der Waals surface area contributed by atoms with Crippen LogP contribution >= 0.6 is 0 Å².